The van der Waals surface area contributed by atoms with Crippen molar-refractivity contribution in [3.05, 3.63) is 52.5 Å². The van der Waals surface area contributed by atoms with Crippen LogP contribution in [-0.2, 0) is 6.42 Å². The second-order valence-corrected chi connectivity index (χ2v) is 7.75. The van der Waals surface area contributed by atoms with Crippen molar-refractivity contribution in [3.8, 4) is 0 Å². The summed E-state index contributed by atoms with van der Waals surface area (Å²) in [7, 11) is 0. The summed E-state index contributed by atoms with van der Waals surface area (Å²) in [5.41, 5.74) is 1.64. The third kappa shape index (κ3) is 3.23. The number of carbonyl (C=O) groups excluding carboxylic acids is 2. The zero-order valence-corrected chi connectivity index (χ0v) is 15.4. The van der Waals surface area contributed by atoms with Gasteiger partial charge in [-0.2, -0.15) is 0 Å². The van der Waals surface area contributed by atoms with Crippen LogP contribution >= 0.6 is 0 Å². The maximum Gasteiger partial charge on any atom is 0.299 e. The molecule has 5 heteroatoms. The van der Waals surface area contributed by atoms with Crippen LogP contribution in [0.1, 0.15) is 66.4 Å². The Labute approximate surface area is 147 Å². The smallest absolute Gasteiger partial charge is 0.299 e. The van der Waals surface area contributed by atoms with Crippen molar-refractivity contribution in [1.29, 1.82) is 0 Å². The summed E-state index contributed by atoms with van der Waals surface area (Å²) in [6.07, 6.45) is 2.81. The number of rotatable bonds is 2. The topological polar surface area (TPSA) is 64.6 Å². The number of furan rings is 1. The van der Waals surface area contributed by atoms with Crippen molar-refractivity contribution < 1.29 is 14.0 Å². The average Bonchev–Trinajstić information content (AvgIpc) is 2.82. The summed E-state index contributed by atoms with van der Waals surface area (Å²) in [4.78, 5) is 30.1. The second-order valence-electron chi connectivity index (χ2n) is 7.75. The molecule has 3 rings (SSSR count). The summed E-state index contributed by atoms with van der Waals surface area (Å²) in [5.74, 6) is 0.614. The van der Waals surface area contributed by atoms with E-state index < -0.39 is 0 Å². The standard InChI is InChI=1S/C20H24N2O3/c1-12(2)21-16-8-6-7-9-22(16)19(24)18-13(3)17-14(23)10-20(4,5)11-15(17)25-18/h6-9,12H,10-11H2,1-5H3. The fourth-order valence-electron chi connectivity index (χ4n) is 3.37. The summed E-state index contributed by atoms with van der Waals surface area (Å²) in [5, 5.41) is 0. The van der Waals surface area contributed by atoms with E-state index >= 15 is 0 Å². The van der Waals surface area contributed by atoms with Crippen LogP contribution in [0.5, 0.6) is 0 Å². The third-order valence-electron chi connectivity index (χ3n) is 4.42. The van der Waals surface area contributed by atoms with Gasteiger partial charge in [-0.15, -0.1) is 0 Å². The largest absolute Gasteiger partial charge is 0.455 e. The first-order chi connectivity index (χ1) is 11.7. The first-order valence-electron chi connectivity index (χ1n) is 8.61. The van der Waals surface area contributed by atoms with Crippen LogP contribution < -0.4 is 5.49 Å². The summed E-state index contributed by atoms with van der Waals surface area (Å²) in [6.45, 7) is 9.78. The Morgan fingerprint density at radius 2 is 2.00 bits per heavy atom. The molecular weight excluding hydrogens is 316 g/mol. The number of pyridine rings is 1. The summed E-state index contributed by atoms with van der Waals surface area (Å²) in [6, 6.07) is 5.49. The van der Waals surface area contributed by atoms with Crippen molar-refractivity contribution in [2.75, 3.05) is 0 Å². The lowest BCUT2D eigenvalue weighted by Gasteiger charge is -2.27. The van der Waals surface area contributed by atoms with E-state index in [0.29, 0.717) is 35.2 Å². The molecule has 2 aromatic heterocycles. The van der Waals surface area contributed by atoms with Gasteiger partial charge in [-0.25, -0.2) is 0 Å². The molecule has 5 nitrogen and oxygen atoms in total. The lowest BCUT2D eigenvalue weighted by Crippen LogP contribution is -2.28. The van der Waals surface area contributed by atoms with Crippen molar-refractivity contribution >= 4 is 11.7 Å². The monoisotopic (exact) mass is 340 g/mol. The molecule has 0 bridgehead atoms. The average molecular weight is 340 g/mol. The highest BCUT2D eigenvalue weighted by atomic mass is 16.4. The first-order valence-corrected chi connectivity index (χ1v) is 8.61. The number of fused-ring (bicyclic) bond motifs is 1. The number of Topliss-reactive ketones (excluding diaryl/α,β-unsaturated/α-hetero) is 1. The molecule has 0 saturated heterocycles. The van der Waals surface area contributed by atoms with E-state index in [1.54, 1.807) is 25.3 Å². The molecule has 1 aliphatic carbocycles. The van der Waals surface area contributed by atoms with E-state index in [2.05, 4.69) is 4.99 Å². The highest BCUT2D eigenvalue weighted by molar-refractivity contribution is 6.04. The van der Waals surface area contributed by atoms with Crippen LogP contribution in [0.2, 0.25) is 0 Å². The number of hydrogen-bond donors (Lipinski definition) is 0. The third-order valence-corrected chi connectivity index (χ3v) is 4.42. The molecule has 2 heterocycles. The van der Waals surface area contributed by atoms with E-state index in [-0.39, 0.29) is 28.9 Å². The van der Waals surface area contributed by atoms with Crippen LogP contribution in [0.15, 0.2) is 33.8 Å². The molecule has 132 valence electrons. The molecule has 1 aliphatic rings. The van der Waals surface area contributed by atoms with Crippen molar-refractivity contribution in [2.24, 2.45) is 10.4 Å². The van der Waals surface area contributed by atoms with Crippen molar-refractivity contribution in [2.45, 2.75) is 53.5 Å². The van der Waals surface area contributed by atoms with Gasteiger partial charge in [-0.05, 0) is 38.3 Å². The minimum atomic E-state index is -0.294. The number of hydrogen-bond acceptors (Lipinski definition) is 4. The number of ketones is 1. The van der Waals surface area contributed by atoms with Gasteiger partial charge in [-0.1, -0.05) is 19.9 Å². The van der Waals surface area contributed by atoms with Gasteiger partial charge < -0.3 is 4.42 Å². The molecule has 0 unspecified atom stereocenters. The Morgan fingerprint density at radius 1 is 1.28 bits per heavy atom. The normalized spacial score (nSPS) is 17.0. The van der Waals surface area contributed by atoms with E-state index in [1.807, 2.05) is 33.8 Å². The van der Waals surface area contributed by atoms with Crippen molar-refractivity contribution in [3.63, 3.8) is 0 Å². The zero-order valence-electron chi connectivity index (χ0n) is 15.4. The van der Waals surface area contributed by atoms with E-state index in [1.165, 1.54) is 4.57 Å². The van der Waals surface area contributed by atoms with Crippen LogP contribution in [0.4, 0.5) is 0 Å². The number of nitrogens with zero attached hydrogens (tertiary/aromatic N) is 2. The number of aromatic nitrogens is 1. The van der Waals surface area contributed by atoms with Crippen LogP contribution in [-0.4, -0.2) is 22.3 Å². The van der Waals surface area contributed by atoms with Gasteiger partial charge in [-0.3, -0.25) is 19.1 Å². The number of carbonyl (C=O) groups is 2. The van der Waals surface area contributed by atoms with E-state index in [4.69, 9.17) is 4.42 Å². The van der Waals surface area contributed by atoms with Gasteiger partial charge in [0.15, 0.2) is 11.5 Å². The summed E-state index contributed by atoms with van der Waals surface area (Å²) < 4.78 is 7.37. The van der Waals surface area contributed by atoms with Gasteiger partial charge in [0.1, 0.15) is 11.2 Å². The summed E-state index contributed by atoms with van der Waals surface area (Å²) >= 11 is 0. The molecule has 2 aromatic rings. The quantitative estimate of drug-likeness (QED) is 0.840. The zero-order chi connectivity index (χ0) is 18.4. The SMILES string of the molecule is Cc1c(C(=O)n2ccccc2=NC(C)C)oc2c1C(=O)CC(C)(C)C2. The molecule has 0 radical (unpaired) electrons. The lowest BCUT2D eigenvalue weighted by molar-refractivity contribution is 0.0889. The Balaban J connectivity index is 2.11. The minimum Gasteiger partial charge on any atom is -0.455 e. The Kier molecular flexibility index (Phi) is 4.27. The Hall–Kier alpha value is -2.43. The highest BCUT2D eigenvalue weighted by Gasteiger charge is 2.37. The molecule has 0 atom stereocenters. The molecule has 0 N–H and O–H groups in total. The molecule has 0 aliphatic heterocycles. The highest BCUT2D eigenvalue weighted by Crippen LogP contribution is 2.38. The maximum absolute atomic E-state index is 13.1. The predicted octanol–water partition coefficient (Wildman–Crippen LogP) is 3.54. The van der Waals surface area contributed by atoms with Gasteiger partial charge in [0.2, 0.25) is 0 Å². The van der Waals surface area contributed by atoms with Gasteiger partial charge in [0, 0.05) is 30.6 Å². The molecular formula is C20H24N2O3. The molecule has 0 spiro atoms. The van der Waals surface area contributed by atoms with Gasteiger partial charge in [0.25, 0.3) is 5.91 Å². The van der Waals surface area contributed by atoms with E-state index in [0.717, 1.165) is 0 Å². The van der Waals surface area contributed by atoms with Gasteiger partial charge >= 0.3 is 0 Å². The van der Waals surface area contributed by atoms with Gasteiger partial charge in [0.05, 0.1) is 5.56 Å². The predicted molar refractivity (Wildman–Crippen MR) is 94.7 cm³/mol. The Bertz CT molecular complexity index is 913. The maximum atomic E-state index is 13.1. The van der Waals surface area contributed by atoms with Crippen LogP contribution in [0, 0.1) is 12.3 Å². The minimum absolute atomic E-state index is 0.0525. The fraction of sp³-hybridized carbons (Fsp3) is 0.450. The molecule has 0 aromatic carbocycles. The van der Waals surface area contributed by atoms with E-state index in [9.17, 15) is 9.59 Å². The fourth-order valence-corrected chi connectivity index (χ4v) is 3.37. The molecule has 0 saturated carbocycles. The Morgan fingerprint density at radius 3 is 2.68 bits per heavy atom. The molecule has 0 fully saturated rings. The molecule has 0 amide bonds. The first kappa shape index (κ1) is 17.4. The van der Waals surface area contributed by atoms with Crippen LogP contribution in [0.25, 0.3) is 0 Å². The van der Waals surface area contributed by atoms with Crippen molar-refractivity contribution in [1.82, 2.24) is 4.57 Å². The second kappa shape index (κ2) is 6.14. The van der Waals surface area contributed by atoms with Crippen LogP contribution in [0.3, 0.4) is 0 Å². The lowest BCUT2D eigenvalue weighted by atomic mass is 9.76. The molecule has 25 heavy (non-hydrogen) atoms.